The molecule has 5 heteroatoms. The number of hydrogen-bond acceptors (Lipinski definition) is 4. The van der Waals surface area contributed by atoms with Gasteiger partial charge in [0.15, 0.2) is 0 Å². The van der Waals surface area contributed by atoms with Crippen LogP contribution in [0.3, 0.4) is 0 Å². The fourth-order valence-corrected chi connectivity index (χ4v) is 3.59. The second kappa shape index (κ2) is 9.40. The molecule has 1 aromatic heterocycles. The molecule has 0 amide bonds. The Bertz CT molecular complexity index is 902. The summed E-state index contributed by atoms with van der Waals surface area (Å²) in [5.74, 6) is 0.903. The zero-order valence-corrected chi connectivity index (χ0v) is 17.5. The van der Waals surface area contributed by atoms with Crippen molar-refractivity contribution in [1.29, 1.82) is 0 Å². The van der Waals surface area contributed by atoms with Gasteiger partial charge in [0.25, 0.3) is 0 Å². The molecule has 0 bridgehead atoms. The van der Waals surface area contributed by atoms with E-state index in [0.717, 1.165) is 72.5 Å². The highest BCUT2D eigenvalue weighted by Gasteiger charge is 2.13. The molecule has 2 heterocycles. The molecule has 4 nitrogen and oxygen atoms in total. The van der Waals surface area contributed by atoms with Crippen LogP contribution in [-0.4, -0.2) is 61.2 Å². The SMILES string of the molecule is CN1CCN(CCOc2ccc(-c3ccc(-c4ccc(Cl)cc4)cn3)cc2)CC1. The highest BCUT2D eigenvalue weighted by molar-refractivity contribution is 6.30. The fourth-order valence-electron chi connectivity index (χ4n) is 3.46. The van der Waals surface area contributed by atoms with Crippen LogP contribution >= 0.6 is 11.6 Å². The Balaban J connectivity index is 1.32. The Labute approximate surface area is 177 Å². The average molecular weight is 408 g/mol. The molecule has 0 radical (unpaired) electrons. The van der Waals surface area contributed by atoms with Gasteiger partial charge in [0.1, 0.15) is 12.4 Å². The molecule has 3 aromatic rings. The van der Waals surface area contributed by atoms with Crippen LogP contribution in [0.15, 0.2) is 66.9 Å². The quantitative estimate of drug-likeness (QED) is 0.592. The Kier molecular flexibility index (Phi) is 6.45. The van der Waals surface area contributed by atoms with E-state index in [9.17, 15) is 0 Å². The minimum atomic E-state index is 0.719. The zero-order chi connectivity index (χ0) is 20.1. The van der Waals surface area contributed by atoms with E-state index in [1.807, 2.05) is 48.7 Å². The molecule has 1 aliphatic rings. The first kappa shape index (κ1) is 19.9. The standard InChI is InChI=1S/C24H26ClN3O/c1-27-12-14-28(15-13-27)16-17-29-23-9-4-20(5-10-23)24-11-6-21(18-26-24)19-2-7-22(25)8-3-19/h2-11,18H,12-17H2,1H3. The molecule has 0 atom stereocenters. The molecule has 150 valence electrons. The Morgan fingerprint density at radius 3 is 2.14 bits per heavy atom. The Hall–Kier alpha value is -2.40. The van der Waals surface area contributed by atoms with E-state index in [4.69, 9.17) is 16.3 Å². The van der Waals surface area contributed by atoms with Crippen molar-refractivity contribution in [2.75, 3.05) is 46.4 Å². The van der Waals surface area contributed by atoms with Crippen molar-refractivity contribution in [3.05, 3.63) is 71.9 Å². The van der Waals surface area contributed by atoms with Gasteiger partial charge >= 0.3 is 0 Å². The maximum atomic E-state index is 5.96. The van der Waals surface area contributed by atoms with E-state index in [-0.39, 0.29) is 0 Å². The van der Waals surface area contributed by atoms with Gasteiger partial charge in [-0.2, -0.15) is 0 Å². The number of piperazine rings is 1. The van der Waals surface area contributed by atoms with E-state index in [0.29, 0.717) is 0 Å². The normalized spacial score (nSPS) is 15.4. The van der Waals surface area contributed by atoms with Crippen molar-refractivity contribution in [2.24, 2.45) is 0 Å². The minimum Gasteiger partial charge on any atom is -0.492 e. The van der Waals surface area contributed by atoms with E-state index in [1.165, 1.54) is 0 Å². The molecule has 0 saturated carbocycles. The Morgan fingerprint density at radius 2 is 1.48 bits per heavy atom. The van der Waals surface area contributed by atoms with Crippen LogP contribution in [0.4, 0.5) is 0 Å². The van der Waals surface area contributed by atoms with Crippen LogP contribution in [0, 0.1) is 0 Å². The fraction of sp³-hybridized carbons (Fsp3) is 0.292. The molecule has 0 N–H and O–H groups in total. The van der Waals surface area contributed by atoms with E-state index < -0.39 is 0 Å². The largest absolute Gasteiger partial charge is 0.492 e. The summed E-state index contributed by atoms with van der Waals surface area (Å²) in [5, 5.41) is 0.740. The van der Waals surface area contributed by atoms with Crippen LogP contribution in [-0.2, 0) is 0 Å². The third-order valence-electron chi connectivity index (χ3n) is 5.36. The number of rotatable bonds is 6. The number of likely N-dealkylation sites (N-methyl/N-ethyl adjacent to an activating group) is 1. The van der Waals surface area contributed by atoms with Crippen LogP contribution < -0.4 is 4.74 Å². The second-order valence-corrected chi connectivity index (χ2v) is 7.89. The lowest BCUT2D eigenvalue weighted by molar-refractivity contribution is 0.134. The maximum absolute atomic E-state index is 5.96. The summed E-state index contributed by atoms with van der Waals surface area (Å²) in [5.41, 5.74) is 4.22. The highest BCUT2D eigenvalue weighted by Crippen LogP contribution is 2.25. The highest BCUT2D eigenvalue weighted by atomic mass is 35.5. The second-order valence-electron chi connectivity index (χ2n) is 7.46. The lowest BCUT2D eigenvalue weighted by atomic mass is 10.1. The zero-order valence-electron chi connectivity index (χ0n) is 16.7. The van der Waals surface area contributed by atoms with Gasteiger partial charge in [-0.3, -0.25) is 9.88 Å². The van der Waals surface area contributed by atoms with Gasteiger partial charge in [0.2, 0.25) is 0 Å². The molecule has 4 rings (SSSR count). The average Bonchev–Trinajstić information content (AvgIpc) is 2.76. The van der Waals surface area contributed by atoms with Crippen molar-refractivity contribution in [1.82, 2.24) is 14.8 Å². The number of nitrogens with zero attached hydrogens (tertiary/aromatic N) is 3. The van der Waals surface area contributed by atoms with Crippen LogP contribution in [0.25, 0.3) is 22.4 Å². The minimum absolute atomic E-state index is 0.719. The van der Waals surface area contributed by atoms with Crippen molar-refractivity contribution in [3.63, 3.8) is 0 Å². The summed E-state index contributed by atoms with van der Waals surface area (Å²) in [4.78, 5) is 9.45. The summed E-state index contributed by atoms with van der Waals surface area (Å²) in [7, 11) is 2.18. The monoisotopic (exact) mass is 407 g/mol. The first-order valence-corrected chi connectivity index (χ1v) is 10.4. The van der Waals surface area contributed by atoms with Crippen LogP contribution in [0.2, 0.25) is 5.02 Å². The van der Waals surface area contributed by atoms with Gasteiger partial charge in [0.05, 0.1) is 5.69 Å². The predicted octanol–water partition coefficient (Wildman–Crippen LogP) is 4.70. The lowest BCUT2D eigenvalue weighted by Crippen LogP contribution is -2.45. The van der Waals surface area contributed by atoms with Gasteiger partial charge in [0, 0.05) is 55.1 Å². The van der Waals surface area contributed by atoms with Gasteiger partial charge in [-0.15, -0.1) is 0 Å². The lowest BCUT2D eigenvalue weighted by Gasteiger charge is -2.32. The van der Waals surface area contributed by atoms with Gasteiger partial charge in [-0.05, 0) is 55.1 Å². The van der Waals surface area contributed by atoms with Crippen LogP contribution in [0.1, 0.15) is 0 Å². The number of aromatic nitrogens is 1. The van der Waals surface area contributed by atoms with E-state index in [1.54, 1.807) is 0 Å². The number of halogens is 1. The van der Waals surface area contributed by atoms with Crippen molar-refractivity contribution in [2.45, 2.75) is 0 Å². The smallest absolute Gasteiger partial charge is 0.119 e. The first-order valence-electron chi connectivity index (χ1n) is 10.0. The number of hydrogen-bond donors (Lipinski definition) is 0. The topological polar surface area (TPSA) is 28.6 Å². The predicted molar refractivity (Wildman–Crippen MR) is 120 cm³/mol. The van der Waals surface area contributed by atoms with Crippen molar-refractivity contribution >= 4 is 11.6 Å². The number of benzene rings is 2. The Morgan fingerprint density at radius 1 is 0.828 bits per heavy atom. The number of ether oxygens (including phenoxy) is 1. The molecule has 2 aromatic carbocycles. The third kappa shape index (κ3) is 5.36. The van der Waals surface area contributed by atoms with E-state index in [2.05, 4.69) is 40.0 Å². The molecule has 1 saturated heterocycles. The molecular formula is C24H26ClN3O. The molecule has 0 aliphatic carbocycles. The molecular weight excluding hydrogens is 382 g/mol. The van der Waals surface area contributed by atoms with Crippen molar-refractivity contribution < 1.29 is 4.74 Å². The summed E-state index contributed by atoms with van der Waals surface area (Å²) in [6.45, 7) is 6.21. The summed E-state index contributed by atoms with van der Waals surface area (Å²) < 4.78 is 5.93. The van der Waals surface area contributed by atoms with Crippen LogP contribution in [0.5, 0.6) is 5.75 Å². The first-order chi connectivity index (χ1) is 14.2. The van der Waals surface area contributed by atoms with Gasteiger partial charge < -0.3 is 9.64 Å². The number of pyridine rings is 1. The van der Waals surface area contributed by atoms with Gasteiger partial charge in [-0.1, -0.05) is 29.8 Å². The third-order valence-corrected chi connectivity index (χ3v) is 5.62. The molecule has 1 aliphatic heterocycles. The summed E-state index contributed by atoms with van der Waals surface area (Å²) in [6, 6.07) is 20.1. The summed E-state index contributed by atoms with van der Waals surface area (Å²) >= 11 is 5.96. The van der Waals surface area contributed by atoms with Crippen molar-refractivity contribution in [3.8, 4) is 28.1 Å². The summed E-state index contributed by atoms with van der Waals surface area (Å²) in [6.07, 6.45) is 1.90. The maximum Gasteiger partial charge on any atom is 0.119 e. The van der Waals surface area contributed by atoms with Gasteiger partial charge in [-0.25, -0.2) is 0 Å². The van der Waals surface area contributed by atoms with E-state index >= 15 is 0 Å². The molecule has 0 spiro atoms. The molecule has 1 fully saturated rings. The molecule has 0 unspecified atom stereocenters. The molecule has 29 heavy (non-hydrogen) atoms.